The summed E-state index contributed by atoms with van der Waals surface area (Å²) in [6.07, 6.45) is 1.70. The van der Waals surface area contributed by atoms with Gasteiger partial charge in [0.25, 0.3) is 11.9 Å². The summed E-state index contributed by atoms with van der Waals surface area (Å²) < 4.78 is -0.445. The Kier molecular flexibility index (Phi) is 3.35. The maximum atomic E-state index is 9.91. The third kappa shape index (κ3) is 3.21. The van der Waals surface area contributed by atoms with Crippen LogP contribution >= 0.6 is 11.9 Å². The summed E-state index contributed by atoms with van der Waals surface area (Å²) in [5, 5.41) is 11.4. The second-order valence-electron chi connectivity index (χ2n) is 2.04. The van der Waals surface area contributed by atoms with Crippen molar-refractivity contribution in [2.24, 2.45) is 0 Å². The first-order valence-electron chi connectivity index (χ1n) is 3.32. The van der Waals surface area contributed by atoms with Crippen LogP contribution in [0.5, 0.6) is 0 Å². The van der Waals surface area contributed by atoms with Gasteiger partial charge in [0.15, 0.2) is 0 Å². The lowest BCUT2D eigenvalue weighted by atomic mass is 10.2. The molecule has 12 heavy (non-hydrogen) atoms. The van der Waals surface area contributed by atoms with Crippen LogP contribution in [-0.4, -0.2) is 4.33 Å². The zero-order valence-electron chi connectivity index (χ0n) is 6.21. The largest absolute Gasteiger partial charge is 0.257 e. The van der Waals surface area contributed by atoms with Crippen LogP contribution in [0.3, 0.4) is 0 Å². The number of nitrogens with zero attached hydrogens (tertiary/aromatic N) is 1. The summed E-state index contributed by atoms with van der Waals surface area (Å²) in [7, 11) is 0. The molecule has 0 aliphatic rings. The monoisotopic (exact) mass is 181 g/mol. The average Bonchev–Trinajstić information content (AvgIpc) is 2.05. The van der Waals surface area contributed by atoms with E-state index >= 15 is 0 Å². The van der Waals surface area contributed by atoms with E-state index in [2.05, 4.69) is 0 Å². The van der Waals surface area contributed by atoms with Crippen molar-refractivity contribution in [3.63, 3.8) is 0 Å². The van der Waals surface area contributed by atoms with Gasteiger partial charge in [-0.3, -0.25) is 10.1 Å². The van der Waals surface area contributed by atoms with Crippen LogP contribution in [-0.2, 0) is 0 Å². The minimum Gasteiger partial charge on any atom is -0.250 e. The van der Waals surface area contributed by atoms with E-state index in [-0.39, 0.29) is 0 Å². The van der Waals surface area contributed by atoms with Crippen LogP contribution in [0, 0.1) is 10.1 Å². The normalized spacial score (nSPS) is 10.3. The first-order valence-corrected chi connectivity index (χ1v) is 4.15. The number of rotatable bonds is 3. The first-order chi connectivity index (χ1) is 5.79. The second kappa shape index (κ2) is 4.56. The van der Waals surface area contributed by atoms with Crippen LogP contribution in [0.15, 0.2) is 35.7 Å². The summed E-state index contributed by atoms with van der Waals surface area (Å²) in [6, 6.07) is 9.44. The zero-order chi connectivity index (χ0) is 8.81. The molecule has 3 nitrogen and oxygen atoms in total. The van der Waals surface area contributed by atoms with E-state index in [9.17, 15) is 10.1 Å². The van der Waals surface area contributed by atoms with Crippen molar-refractivity contribution in [3.05, 3.63) is 51.4 Å². The SMILES string of the molecule is O=[N+]([O-])SC=Cc1ccccc1. The molecular formula is C8H7NO2S. The number of benzene rings is 1. The Hall–Kier alpha value is -1.29. The van der Waals surface area contributed by atoms with Gasteiger partial charge in [0, 0.05) is 5.41 Å². The van der Waals surface area contributed by atoms with Gasteiger partial charge in [0.1, 0.15) is 4.33 Å². The zero-order valence-corrected chi connectivity index (χ0v) is 7.03. The van der Waals surface area contributed by atoms with Gasteiger partial charge in [-0.2, -0.15) is 0 Å². The fourth-order valence-electron chi connectivity index (χ4n) is 0.723. The van der Waals surface area contributed by atoms with Gasteiger partial charge < -0.3 is 0 Å². The van der Waals surface area contributed by atoms with E-state index in [1.807, 2.05) is 30.3 Å². The van der Waals surface area contributed by atoms with E-state index in [4.69, 9.17) is 0 Å². The molecular weight excluding hydrogens is 174 g/mol. The highest BCUT2D eigenvalue weighted by molar-refractivity contribution is 7.96. The molecule has 0 amide bonds. The van der Waals surface area contributed by atoms with E-state index in [0.29, 0.717) is 11.9 Å². The van der Waals surface area contributed by atoms with Crippen molar-refractivity contribution in [3.8, 4) is 0 Å². The maximum Gasteiger partial charge on any atom is 0.257 e. The molecule has 0 saturated heterocycles. The molecule has 0 aliphatic heterocycles. The molecule has 4 heteroatoms. The minimum absolute atomic E-state index is 0.445. The highest BCUT2D eigenvalue weighted by Gasteiger charge is 1.91. The topological polar surface area (TPSA) is 43.1 Å². The van der Waals surface area contributed by atoms with E-state index in [1.54, 1.807) is 6.08 Å². The third-order valence-corrected chi connectivity index (χ3v) is 1.64. The Balaban J connectivity index is 2.52. The molecule has 0 aliphatic carbocycles. The van der Waals surface area contributed by atoms with Crippen molar-refractivity contribution in [1.29, 1.82) is 0 Å². The molecule has 0 saturated carbocycles. The van der Waals surface area contributed by atoms with Crippen molar-refractivity contribution in [2.45, 2.75) is 0 Å². The van der Waals surface area contributed by atoms with Crippen molar-refractivity contribution in [2.75, 3.05) is 0 Å². The third-order valence-electron chi connectivity index (χ3n) is 1.21. The van der Waals surface area contributed by atoms with Gasteiger partial charge in [0.05, 0.1) is 0 Å². The minimum atomic E-state index is -0.445. The van der Waals surface area contributed by atoms with Gasteiger partial charge in [-0.1, -0.05) is 30.3 Å². The Morgan fingerprint density at radius 1 is 1.33 bits per heavy atom. The lowest BCUT2D eigenvalue weighted by Gasteiger charge is -1.87. The van der Waals surface area contributed by atoms with Gasteiger partial charge in [0.2, 0.25) is 0 Å². The Morgan fingerprint density at radius 2 is 2.00 bits per heavy atom. The highest BCUT2D eigenvalue weighted by atomic mass is 32.2. The smallest absolute Gasteiger partial charge is 0.250 e. The van der Waals surface area contributed by atoms with E-state index < -0.39 is 4.33 Å². The van der Waals surface area contributed by atoms with Crippen molar-refractivity contribution in [1.82, 2.24) is 0 Å². The molecule has 0 heterocycles. The Bertz CT molecular complexity index is 284. The second-order valence-corrected chi connectivity index (χ2v) is 2.82. The maximum absolute atomic E-state index is 9.91. The predicted molar refractivity (Wildman–Crippen MR) is 50.1 cm³/mol. The molecule has 1 aromatic carbocycles. The van der Waals surface area contributed by atoms with E-state index in [0.717, 1.165) is 5.56 Å². The Labute approximate surface area is 74.4 Å². The quantitative estimate of drug-likeness (QED) is 0.409. The summed E-state index contributed by atoms with van der Waals surface area (Å²) in [5.41, 5.74) is 0.965. The summed E-state index contributed by atoms with van der Waals surface area (Å²) in [4.78, 5) is 9.91. The number of hydrogen-bond acceptors (Lipinski definition) is 3. The fraction of sp³-hybridized carbons (Fsp3) is 0. The molecule has 0 bridgehead atoms. The lowest BCUT2D eigenvalue weighted by molar-refractivity contribution is -0.282. The highest BCUT2D eigenvalue weighted by Crippen LogP contribution is 2.07. The van der Waals surface area contributed by atoms with E-state index in [1.165, 1.54) is 5.41 Å². The van der Waals surface area contributed by atoms with Crippen molar-refractivity contribution >= 4 is 18.0 Å². The average molecular weight is 181 g/mol. The molecule has 0 fully saturated rings. The standard InChI is InChI=1S/C8H7NO2S/c10-9(11)12-7-6-8-4-2-1-3-5-8/h1-7H. The molecule has 0 aromatic heterocycles. The summed E-state index contributed by atoms with van der Waals surface area (Å²) in [6.45, 7) is 0. The first kappa shape index (κ1) is 8.80. The van der Waals surface area contributed by atoms with Crippen LogP contribution in [0.25, 0.3) is 6.08 Å². The molecule has 62 valence electrons. The molecule has 0 unspecified atom stereocenters. The Morgan fingerprint density at radius 3 is 2.58 bits per heavy atom. The number of hydrogen-bond donors (Lipinski definition) is 0. The molecule has 0 atom stereocenters. The van der Waals surface area contributed by atoms with Crippen LogP contribution in [0.4, 0.5) is 0 Å². The van der Waals surface area contributed by atoms with Gasteiger partial charge >= 0.3 is 0 Å². The van der Waals surface area contributed by atoms with Crippen molar-refractivity contribution < 1.29 is 4.33 Å². The predicted octanol–water partition coefficient (Wildman–Crippen LogP) is 2.58. The summed E-state index contributed by atoms with van der Waals surface area (Å²) >= 11 is 0.568. The molecule has 0 spiro atoms. The molecule has 1 rings (SSSR count). The van der Waals surface area contributed by atoms with Crippen LogP contribution in [0.1, 0.15) is 5.56 Å². The molecule has 0 N–H and O–H groups in total. The van der Waals surface area contributed by atoms with Gasteiger partial charge in [-0.25, -0.2) is 0 Å². The number of nitro groups is 1. The van der Waals surface area contributed by atoms with Gasteiger partial charge in [-0.15, -0.1) is 0 Å². The molecule has 1 aromatic rings. The van der Waals surface area contributed by atoms with Crippen LogP contribution in [0.2, 0.25) is 0 Å². The van der Waals surface area contributed by atoms with Crippen LogP contribution < -0.4 is 0 Å². The van der Waals surface area contributed by atoms with Gasteiger partial charge in [-0.05, 0) is 11.6 Å². The lowest BCUT2D eigenvalue weighted by Crippen LogP contribution is -1.76. The molecule has 0 radical (unpaired) electrons. The fourth-order valence-corrected chi connectivity index (χ4v) is 1.04. The summed E-state index contributed by atoms with van der Waals surface area (Å²) in [5.74, 6) is 0.